The van der Waals surface area contributed by atoms with E-state index in [9.17, 15) is 0 Å². The fraction of sp³-hybridized carbons (Fsp3) is 0.375. The molecule has 0 fully saturated rings. The number of benzene rings is 1. The van der Waals surface area contributed by atoms with Crippen molar-refractivity contribution in [2.24, 2.45) is 4.99 Å². The van der Waals surface area contributed by atoms with Crippen LogP contribution in [-0.4, -0.2) is 36.2 Å². The van der Waals surface area contributed by atoms with Crippen LogP contribution in [0.2, 0.25) is 0 Å². The van der Waals surface area contributed by atoms with E-state index in [0.29, 0.717) is 0 Å². The molecule has 6 heteroatoms. The standard InChI is InChI=1S/C16H22N4S2/c1-12-15(22-11-19-12)9-18-16(17-2)20(3)10-13-5-7-14(21-4)8-6-13/h5-8,11H,9-10H2,1-4H3,(H,17,18). The zero-order valence-corrected chi connectivity index (χ0v) is 15.1. The Hall–Kier alpha value is -1.53. The van der Waals surface area contributed by atoms with E-state index in [-0.39, 0.29) is 0 Å². The summed E-state index contributed by atoms with van der Waals surface area (Å²) in [6, 6.07) is 8.65. The molecule has 0 saturated carbocycles. The summed E-state index contributed by atoms with van der Waals surface area (Å²) in [6.07, 6.45) is 2.09. The first-order chi connectivity index (χ1) is 10.6. The predicted molar refractivity (Wildman–Crippen MR) is 96.7 cm³/mol. The van der Waals surface area contributed by atoms with Crippen molar-refractivity contribution in [3.8, 4) is 0 Å². The maximum Gasteiger partial charge on any atom is 0.193 e. The molecule has 0 spiro atoms. The molecule has 22 heavy (non-hydrogen) atoms. The second-order valence-corrected chi connectivity index (χ2v) is 6.78. The molecule has 0 aliphatic carbocycles. The van der Waals surface area contributed by atoms with Crippen LogP contribution in [0.1, 0.15) is 16.1 Å². The minimum atomic E-state index is 0.763. The van der Waals surface area contributed by atoms with E-state index < -0.39 is 0 Å². The van der Waals surface area contributed by atoms with Crippen molar-refractivity contribution in [1.82, 2.24) is 15.2 Å². The summed E-state index contributed by atoms with van der Waals surface area (Å²) in [4.78, 5) is 13.3. The lowest BCUT2D eigenvalue weighted by Gasteiger charge is -2.22. The second-order valence-electron chi connectivity index (χ2n) is 4.97. The van der Waals surface area contributed by atoms with Crippen LogP contribution < -0.4 is 5.32 Å². The van der Waals surface area contributed by atoms with Crippen molar-refractivity contribution in [3.05, 3.63) is 45.9 Å². The first-order valence-electron chi connectivity index (χ1n) is 7.07. The molecule has 2 aromatic rings. The Morgan fingerprint density at radius 2 is 2.09 bits per heavy atom. The fourth-order valence-electron chi connectivity index (χ4n) is 2.12. The number of rotatable bonds is 5. The van der Waals surface area contributed by atoms with Crippen LogP contribution >= 0.6 is 23.1 Å². The lowest BCUT2D eigenvalue weighted by atomic mass is 10.2. The molecule has 118 valence electrons. The summed E-state index contributed by atoms with van der Waals surface area (Å²) in [6.45, 7) is 3.63. The molecule has 1 heterocycles. The van der Waals surface area contributed by atoms with E-state index in [4.69, 9.17) is 0 Å². The van der Waals surface area contributed by atoms with Crippen LogP contribution in [0.3, 0.4) is 0 Å². The third kappa shape index (κ3) is 4.48. The van der Waals surface area contributed by atoms with Gasteiger partial charge in [-0.2, -0.15) is 0 Å². The Balaban J connectivity index is 1.93. The van der Waals surface area contributed by atoms with Gasteiger partial charge in [-0.3, -0.25) is 4.99 Å². The monoisotopic (exact) mass is 334 g/mol. The number of nitrogens with zero attached hydrogens (tertiary/aromatic N) is 3. The molecular formula is C16H22N4S2. The molecule has 0 aliphatic heterocycles. The van der Waals surface area contributed by atoms with Crippen LogP contribution in [-0.2, 0) is 13.1 Å². The molecule has 2 rings (SSSR count). The number of nitrogens with one attached hydrogen (secondary N) is 1. The smallest absolute Gasteiger partial charge is 0.193 e. The number of hydrogen-bond acceptors (Lipinski definition) is 4. The van der Waals surface area contributed by atoms with Crippen molar-refractivity contribution < 1.29 is 0 Å². The highest BCUT2D eigenvalue weighted by Crippen LogP contribution is 2.16. The molecule has 1 aromatic carbocycles. The molecule has 0 unspecified atom stereocenters. The van der Waals surface area contributed by atoms with Crippen molar-refractivity contribution in [1.29, 1.82) is 0 Å². The SMILES string of the molecule is CN=C(NCc1scnc1C)N(C)Cc1ccc(SC)cc1. The molecule has 0 amide bonds. The zero-order chi connectivity index (χ0) is 15.9. The van der Waals surface area contributed by atoms with Gasteiger partial charge in [0.1, 0.15) is 0 Å². The molecule has 1 aromatic heterocycles. The maximum atomic E-state index is 4.36. The van der Waals surface area contributed by atoms with Gasteiger partial charge in [-0.25, -0.2) is 4.98 Å². The minimum absolute atomic E-state index is 0.763. The lowest BCUT2D eigenvalue weighted by molar-refractivity contribution is 0.476. The van der Waals surface area contributed by atoms with Crippen molar-refractivity contribution >= 4 is 29.1 Å². The predicted octanol–water partition coefficient (Wildman–Crippen LogP) is 3.38. The Morgan fingerprint density at radius 1 is 1.36 bits per heavy atom. The van der Waals surface area contributed by atoms with E-state index in [0.717, 1.165) is 24.7 Å². The number of aryl methyl sites for hydroxylation is 1. The third-order valence-electron chi connectivity index (χ3n) is 3.40. The summed E-state index contributed by atoms with van der Waals surface area (Å²) < 4.78 is 0. The maximum absolute atomic E-state index is 4.36. The normalized spacial score (nSPS) is 11.5. The van der Waals surface area contributed by atoms with Gasteiger partial charge in [-0.1, -0.05) is 12.1 Å². The molecule has 0 atom stereocenters. The molecule has 0 bridgehead atoms. The Labute approximate surface area is 140 Å². The van der Waals surface area contributed by atoms with Gasteiger partial charge >= 0.3 is 0 Å². The number of hydrogen-bond donors (Lipinski definition) is 1. The van der Waals surface area contributed by atoms with Gasteiger partial charge in [-0.05, 0) is 30.9 Å². The summed E-state index contributed by atoms with van der Waals surface area (Å²) in [5, 5.41) is 3.40. The van der Waals surface area contributed by atoms with Crippen molar-refractivity contribution in [2.45, 2.75) is 24.9 Å². The molecule has 0 radical (unpaired) electrons. The molecule has 0 saturated heterocycles. The summed E-state index contributed by atoms with van der Waals surface area (Å²) in [5.74, 6) is 0.891. The minimum Gasteiger partial charge on any atom is -0.351 e. The van der Waals surface area contributed by atoms with Gasteiger partial charge in [0, 0.05) is 30.4 Å². The Bertz CT molecular complexity index is 619. The van der Waals surface area contributed by atoms with E-state index >= 15 is 0 Å². The first kappa shape index (κ1) is 16.8. The summed E-state index contributed by atoms with van der Waals surface area (Å²) in [5.41, 5.74) is 4.24. The van der Waals surface area contributed by atoms with Gasteiger partial charge in [0.2, 0.25) is 0 Å². The summed E-state index contributed by atoms with van der Waals surface area (Å²) >= 11 is 3.43. The lowest BCUT2D eigenvalue weighted by Crippen LogP contribution is -2.38. The largest absolute Gasteiger partial charge is 0.351 e. The molecular weight excluding hydrogens is 312 g/mol. The van der Waals surface area contributed by atoms with Crippen LogP contribution in [0.5, 0.6) is 0 Å². The number of thioether (sulfide) groups is 1. The van der Waals surface area contributed by atoms with E-state index in [1.54, 1.807) is 23.1 Å². The van der Waals surface area contributed by atoms with Crippen LogP contribution in [0.4, 0.5) is 0 Å². The second kappa shape index (κ2) is 8.19. The number of aromatic nitrogens is 1. The molecule has 0 aliphatic rings. The average Bonchev–Trinajstić information content (AvgIpc) is 2.94. The van der Waals surface area contributed by atoms with E-state index in [1.807, 2.05) is 19.5 Å². The van der Waals surface area contributed by atoms with E-state index in [2.05, 4.69) is 57.8 Å². The van der Waals surface area contributed by atoms with Gasteiger partial charge in [0.05, 0.1) is 17.7 Å². The number of aliphatic imine (C=N–C) groups is 1. The molecule has 4 nitrogen and oxygen atoms in total. The van der Waals surface area contributed by atoms with E-state index in [1.165, 1.54) is 15.3 Å². The van der Waals surface area contributed by atoms with Crippen molar-refractivity contribution in [2.75, 3.05) is 20.4 Å². The Kier molecular flexibility index (Phi) is 6.27. The van der Waals surface area contributed by atoms with Gasteiger partial charge in [0.25, 0.3) is 0 Å². The average molecular weight is 335 g/mol. The van der Waals surface area contributed by atoms with Gasteiger partial charge in [-0.15, -0.1) is 23.1 Å². The summed E-state index contributed by atoms with van der Waals surface area (Å²) in [7, 11) is 3.87. The first-order valence-corrected chi connectivity index (χ1v) is 9.18. The van der Waals surface area contributed by atoms with Crippen LogP contribution in [0.15, 0.2) is 39.7 Å². The number of thiazole rings is 1. The fourth-order valence-corrected chi connectivity index (χ4v) is 3.24. The molecule has 1 N–H and O–H groups in total. The van der Waals surface area contributed by atoms with Crippen LogP contribution in [0, 0.1) is 6.92 Å². The third-order valence-corrected chi connectivity index (χ3v) is 5.08. The van der Waals surface area contributed by atoms with Crippen molar-refractivity contribution in [3.63, 3.8) is 0 Å². The van der Waals surface area contributed by atoms with Gasteiger partial charge < -0.3 is 10.2 Å². The van der Waals surface area contributed by atoms with Gasteiger partial charge in [0.15, 0.2) is 5.96 Å². The highest BCUT2D eigenvalue weighted by Gasteiger charge is 2.08. The van der Waals surface area contributed by atoms with Crippen LogP contribution in [0.25, 0.3) is 0 Å². The highest BCUT2D eigenvalue weighted by molar-refractivity contribution is 7.98. The quantitative estimate of drug-likeness (QED) is 0.517. The highest BCUT2D eigenvalue weighted by atomic mass is 32.2. The Morgan fingerprint density at radius 3 is 2.64 bits per heavy atom. The number of guanidine groups is 1. The topological polar surface area (TPSA) is 40.5 Å². The zero-order valence-electron chi connectivity index (χ0n) is 13.5.